The highest BCUT2D eigenvalue weighted by atomic mass is 32.2. The predicted molar refractivity (Wildman–Crippen MR) is 99.2 cm³/mol. The van der Waals surface area contributed by atoms with Crippen molar-refractivity contribution in [2.45, 2.75) is 27.8 Å². The highest BCUT2D eigenvalue weighted by molar-refractivity contribution is 8.03. The summed E-state index contributed by atoms with van der Waals surface area (Å²) >= 11 is 4.51. The maximum absolute atomic E-state index is 12.3. The van der Waals surface area contributed by atoms with Crippen molar-refractivity contribution in [1.82, 2.24) is 20.2 Å². The number of carbonyl (C=O) groups excluding carboxylic acids is 1. The van der Waals surface area contributed by atoms with Crippen molar-refractivity contribution in [2.75, 3.05) is 11.1 Å². The summed E-state index contributed by atoms with van der Waals surface area (Å²) in [6, 6.07) is 5.23. The fourth-order valence-electron chi connectivity index (χ4n) is 1.99. The van der Waals surface area contributed by atoms with Crippen molar-refractivity contribution in [3.63, 3.8) is 0 Å². The minimum absolute atomic E-state index is 0.128. The molecule has 0 fully saturated rings. The van der Waals surface area contributed by atoms with Crippen molar-refractivity contribution in [3.8, 4) is 0 Å². The Kier molecular flexibility index (Phi) is 5.27. The molecule has 0 spiro atoms. The van der Waals surface area contributed by atoms with Gasteiger partial charge in [0.15, 0.2) is 8.68 Å². The van der Waals surface area contributed by atoms with Gasteiger partial charge < -0.3 is 15.3 Å². The number of aromatic nitrogens is 4. The number of H-pyrrole nitrogens is 2. The average Bonchev–Trinajstić information content (AvgIpc) is 3.12. The molecule has 0 aliphatic carbocycles. The molecular formula is C14H15N5O2S3. The normalized spacial score (nSPS) is 12.4. The van der Waals surface area contributed by atoms with Gasteiger partial charge in [-0.1, -0.05) is 41.8 Å². The van der Waals surface area contributed by atoms with Gasteiger partial charge in [0, 0.05) is 5.69 Å². The van der Waals surface area contributed by atoms with Gasteiger partial charge in [-0.05, 0) is 30.9 Å². The number of thioether (sulfide) groups is 2. The topological polar surface area (TPSA) is 104 Å². The molecule has 2 heterocycles. The van der Waals surface area contributed by atoms with Crippen LogP contribution in [-0.2, 0) is 4.79 Å². The molecule has 1 aromatic carbocycles. The number of nitrogens with zero attached hydrogens (tertiary/aromatic N) is 2. The first-order valence-corrected chi connectivity index (χ1v) is 9.89. The van der Waals surface area contributed by atoms with E-state index in [1.807, 2.05) is 6.92 Å². The van der Waals surface area contributed by atoms with Crippen LogP contribution in [0.1, 0.15) is 13.8 Å². The van der Waals surface area contributed by atoms with E-state index >= 15 is 0 Å². The summed E-state index contributed by atoms with van der Waals surface area (Å²) in [4.78, 5) is 28.9. The highest BCUT2D eigenvalue weighted by Crippen LogP contribution is 2.31. The lowest BCUT2D eigenvalue weighted by molar-refractivity contribution is -0.115. The SMILES string of the molecule is CCSc1nnc(S[C@@H](C)C(=O)Nc2ccc3[nH]c(=O)[nH]c3c2)s1. The van der Waals surface area contributed by atoms with Crippen LogP contribution in [0.3, 0.4) is 0 Å². The quantitative estimate of drug-likeness (QED) is 0.567. The summed E-state index contributed by atoms with van der Waals surface area (Å²) in [7, 11) is 0. The van der Waals surface area contributed by atoms with E-state index in [1.54, 1.807) is 30.0 Å². The molecule has 0 radical (unpaired) electrons. The molecular weight excluding hydrogens is 366 g/mol. The smallest absolute Gasteiger partial charge is 0.323 e. The van der Waals surface area contributed by atoms with Gasteiger partial charge in [0.05, 0.1) is 16.3 Å². The largest absolute Gasteiger partial charge is 0.325 e. The number of aromatic amines is 2. The maximum Gasteiger partial charge on any atom is 0.323 e. The second-order valence-electron chi connectivity index (χ2n) is 4.86. The summed E-state index contributed by atoms with van der Waals surface area (Å²) in [6.07, 6.45) is 0. The second kappa shape index (κ2) is 7.41. The molecule has 0 aliphatic heterocycles. The first-order chi connectivity index (χ1) is 11.5. The molecule has 0 saturated carbocycles. The molecule has 1 amide bonds. The van der Waals surface area contributed by atoms with E-state index in [0.29, 0.717) is 16.7 Å². The molecule has 3 N–H and O–H groups in total. The summed E-state index contributed by atoms with van der Waals surface area (Å²) in [6.45, 7) is 3.88. The van der Waals surface area contributed by atoms with Gasteiger partial charge in [0.1, 0.15) is 0 Å². The zero-order chi connectivity index (χ0) is 17.1. The second-order valence-corrected chi connectivity index (χ2v) is 8.93. The van der Waals surface area contributed by atoms with Gasteiger partial charge in [0.2, 0.25) is 5.91 Å². The van der Waals surface area contributed by atoms with Crippen LogP contribution >= 0.6 is 34.9 Å². The van der Waals surface area contributed by atoms with E-state index in [0.717, 1.165) is 14.4 Å². The summed E-state index contributed by atoms with van der Waals surface area (Å²) < 4.78 is 1.69. The number of amides is 1. The summed E-state index contributed by atoms with van der Waals surface area (Å²) in [5.41, 5.74) is 1.72. The number of imidazole rings is 1. The van der Waals surface area contributed by atoms with Crippen LogP contribution in [0.15, 0.2) is 31.7 Å². The molecule has 1 atom stereocenters. The van der Waals surface area contributed by atoms with Crippen molar-refractivity contribution in [3.05, 3.63) is 28.7 Å². The van der Waals surface area contributed by atoms with E-state index < -0.39 is 0 Å². The van der Waals surface area contributed by atoms with E-state index in [4.69, 9.17) is 0 Å². The van der Waals surface area contributed by atoms with Gasteiger partial charge in [-0.3, -0.25) is 4.79 Å². The van der Waals surface area contributed by atoms with Crippen molar-refractivity contribution >= 4 is 57.5 Å². The Labute approximate surface area is 150 Å². The molecule has 3 aromatic rings. The highest BCUT2D eigenvalue weighted by Gasteiger charge is 2.17. The zero-order valence-corrected chi connectivity index (χ0v) is 15.4. The Hall–Kier alpha value is -1.78. The average molecular weight is 382 g/mol. The van der Waals surface area contributed by atoms with Crippen molar-refractivity contribution < 1.29 is 4.79 Å². The maximum atomic E-state index is 12.3. The van der Waals surface area contributed by atoms with E-state index in [9.17, 15) is 9.59 Å². The van der Waals surface area contributed by atoms with Crippen LogP contribution in [0.4, 0.5) is 5.69 Å². The first kappa shape index (κ1) is 17.1. The third-order valence-electron chi connectivity index (χ3n) is 3.09. The Balaban J connectivity index is 1.64. The van der Waals surface area contributed by atoms with Gasteiger partial charge in [-0.15, -0.1) is 10.2 Å². The minimum atomic E-state index is -0.307. The van der Waals surface area contributed by atoms with Crippen LogP contribution in [0, 0.1) is 0 Å². The molecule has 7 nitrogen and oxygen atoms in total. The number of nitrogens with one attached hydrogen (secondary N) is 3. The monoisotopic (exact) mass is 381 g/mol. The molecule has 0 unspecified atom stereocenters. The Morgan fingerprint density at radius 1 is 1.29 bits per heavy atom. The van der Waals surface area contributed by atoms with Gasteiger partial charge in [-0.2, -0.15) is 0 Å². The Bertz CT molecular complexity index is 916. The lowest BCUT2D eigenvalue weighted by Gasteiger charge is -2.10. The van der Waals surface area contributed by atoms with Crippen LogP contribution in [0.25, 0.3) is 11.0 Å². The van der Waals surface area contributed by atoms with Gasteiger partial charge in [0.25, 0.3) is 0 Å². The van der Waals surface area contributed by atoms with E-state index in [-0.39, 0.29) is 16.8 Å². The predicted octanol–water partition coefficient (Wildman–Crippen LogP) is 2.94. The summed E-state index contributed by atoms with van der Waals surface area (Å²) in [5.74, 6) is 0.816. The number of hydrogen-bond donors (Lipinski definition) is 3. The molecule has 0 aliphatic rings. The minimum Gasteiger partial charge on any atom is -0.325 e. The van der Waals surface area contributed by atoms with Crippen LogP contribution in [0.2, 0.25) is 0 Å². The fraction of sp³-hybridized carbons (Fsp3) is 0.286. The fourth-order valence-corrected chi connectivity index (χ4v) is 5.05. The number of anilines is 1. The van der Waals surface area contributed by atoms with Crippen molar-refractivity contribution in [2.24, 2.45) is 0 Å². The molecule has 2 aromatic heterocycles. The number of carbonyl (C=O) groups is 1. The molecule has 126 valence electrons. The standard InChI is InChI=1S/C14H15N5O2S3/c1-3-22-13-18-19-14(24-13)23-7(2)11(20)15-8-4-5-9-10(6-8)17-12(21)16-9/h4-7H,3H2,1-2H3,(H,15,20)(H2,16,17,21)/t7-/m0/s1. The van der Waals surface area contributed by atoms with Crippen LogP contribution in [-0.4, -0.2) is 37.1 Å². The number of fused-ring (bicyclic) bond motifs is 1. The lowest BCUT2D eigenvalue weighted by atomic mass is 10.2. The van der Waals surface area contributed by atoms with E-state index in [1.165, 1.54) is 23.1 Å². The molecule has 0 bridgehead atoms. The molecule has 0 saturated heterocycles. The van der Waals surface area contributed by atoms with Crippen molar-refractivity contribution in [1.29, 1.82) is 0 Å². The summed E-state index contributed by atoms with van der Waals surface area (Å²) in [5, 5.41) is 10.7. The van der Waals surface area contributed by atoms with E-state index in [2.05, 4.69) is 32.4 Å². The molecule has 24 heavy (non-hydrogen) atoms. The van der Waals surface area contributed by atoms with Gasteiger partial charge in [-0.25, -0.2) is 4.79 Å². The Morgan fingerprint density at radius 3 is 2.83 bits per heavy atom. The van der Waals surface area contributed by atoms with Crippen LogP contribution < -0.4 is 11.0 Å². The first-order valence-electron chi connectivity index (χ1n) is 7.21. The van der Waals surface area contributed by atoms with Gasteiger partial charge >= 0.3 is 5.69 Å². The molecule has 10 heteroatoms. The molecule has 3 rings (SSSR count). The lowest BCUT2D eigenvalue weighted by Crippen LogP contribution is -2.22. The third kappa shape index (κ3) is 4.00. The van der Waals surface area contributed by atoms with Crippen LogP contribution in [0.5, 0.6) is 0 Å². The zero-order valence-electron chi connectivity index (χ0n) is 13.0. The number of rotatable bonds is 6. The Morgan fingerprint density at radius 2 is 2.04 bits per heavy atom. The third-order valence-corrected chi connectivity index (χ3v) is 6.21. The number of benzene rings is 1. The number of hydrogen-bond acceptors (Lipinski definition) is 7.